The molecule has 4 aromatic rings. The lowest BCUT2D eigenvalue weighted by molar-refractivity contribution is 0.415. The van der Waals surface area contributed by atoms with Crippen LogP contribution in [0.25, 0.3) is 32.9 Å². The SMILES string of the molecule is COc1ccc(-c2nc3cc(Cl)ccc3c3ccccc23)cc1. The van der Waals surface area contributed by atoms with E-state index in [0.717, 1.165) is 33.3 Å². The van der Waals surface area contributed by atoms with E-state index in [-0.39, 0.29) is 0 Å². The van der Waals surface area contributed by atoms with Gasteiger partial charge in [0.05, 0.1) is 18.3 Å². The van der Waals surface area contributed by atoms with Gasteiger partial charge in [0.1, 0.15) is 5.75 Å². The van der Waals surface area contributed by atoms with E-state index in [1.54, 1.807) is 7.11 Å². The summed E-state index contributed by atoms with van der Waals surface area (Å²) in [4.78, 5) is 4.86. The van der Waals surface area contributed by atoms with Crippen LogP contribution in [0, 0.1) is 0 Å². The first kappa shape index (κ1) is 14.0. The van der Waals surface area contributed by atoms with E-state index in [0.29, 0.717) is 5.02 Å². The van der Waals surface area contributed by atoms with E-state index >= 15 is 0 Å². The number of aromatic nitrogens is 1. The van der Waals surface area contributed by atoms with Crippen LogP contribution < -0.4 is 4.74 Å². The molecule has 0 radical (unpaired) electrons. The quantitative estimate of drug-likeness (QED) is 0.441. The summed E-state index contributed by atoms with van der Waals surface area (Å²) in [6.07, 6.45) is 0. The van der Waals surface area contributed by atoms with E-state index in [2.05, 4.69) is 12.1 Å². The van der Waals surface area contributed by atoms with Crippen molar-refractivity contribution >= 4 is 33.3 Å². The highest BCUT2D eigenvalue weighted by Crippen LogP contribution is 2.33. The molecule has 3 heteroatoms. The minimum Gasteiger partial charge on any atom is -0.497 e. The fraction of sp³-hybridized carbons (Fsp3) is 0.0500. The molecule has 23 heavy (non-hydrogen) atoms. The van der Waals surface area contributed by atoms with Crippen molar-refractivity contribution in [3.8, 4) is 17.0 Å². The third-order valence-electron chi connectivity index (χ3n) is 4.03. The number of benzene rings is 3. The predicted octanol–water partition coefficient (Wildman–Crippen LogP) is 5.72. The van der Waals surface area contributed by atoms with Crippen LogP contribution in [0.2, 0.25) is 5.02 Å². The Hall–Kier alpha value is -2.58. The maximum absolute atomic E-state index is 6.15. The molecule has 0 unspecified atom stereocenters. The number of nitrogens with zero attached hydrogens (tertiary/aromatic N) is 1. The summed E-state index contributed by atoms with van der Waals surface area (Å²) in [5, 5.41) is 4.12. The monoisotopic (exact) mass is 319 g/mol. The van der Waals surface area contributed by atoms with E-state index in [9.17, 15) is 0 Å². The standard InChI is InChI=1S/C20H14ClNO/c1-23-15-9-6-13(7-10-15)20-18-5-3-2-4-16(18)17-11-8-14(21)12-19(17)22-20/h2-12H,1H3. The lowest BCUT2D eigenvalue weighted by Gasteiger charge is -2.10. The summed E-state index contributed by atoms with van der Waals surface area (Å²) in [6, 6.07) is 22.1. The van der Waals surface area contributed by atoms with Gasteiger partial charge in [0, 0.05) is 21.4 Å². The van der Waals surface area contributed by atoms with Crippen LogP contribution in [0.1, 0.15) is 0 Å². The van der Waals surface area contributed by atoms with Gasteiger partial charge in [0.2, 0.25) is 0 Å². The van der Waals surface area contributed by atoms with Crippen LogP contribution in [0.5, 0.6) is 5.75 Å². The van der Waals surface area contributed by atoms with Crippen LogP contribution in [0.4, 0.5) is 0 Å². The largest absolute Gasteiger partial charge is 0.497 e. The average Bonchev–Trinajstić information content (AvgIpc) is 2.61. The second kappa shape index (κ2) is 5.56. The minimum atomic E-state index is 0.695. The first-order valence-electron chi connectivity index (χ1n) is 7.39. The normalized spacial score (nSPS) is 11.0. The number of rotatable bonds is 2. The maximum Gasteiger partial charge on any atom is 0.118 e. The van der Waals surface area contributed by atoms with Crippen molar-refractivity contribution in [1.29, 1.82) is 0 Å². The molecule has 112 valence electrons. The molecule has 3 aromatic carbocycles. The molecule has 0 aliphatic heterocycles. The van der Waals surface area contributed by atoms with Crippen LogP contribution in [-0.4, -0.2) is 12.1 Å². The summed E-state index contributed by atoms with van der Waals surface area (Å²) in [7, 11) is 1.67. The van der Waals surface area contributed by atoms with Crippen LogP contribution >= 0.6 is 11.6 Å². The molecule has 0 aliphatic rings. The second-order valence-electron chi connectivity index (χ2n) is 5.40. The number of pyridine rings is 1. The van der Waals surface area contributed by atoms with Gasteiger partial charge in [-0.05, 0) is 41.8 Å². The molecule has 4 rings (SSSR count). The molecule has 0 spiro atoms. The number of methoxy groups -OCH3 is 1. The lowest BCUT2D eigenvalue weighted by atomic mass is 10.00. The van der Waals surface area contributed by atoms with Gasteiger partial charge in [0.15, 0.2) is 0 Å². The smallest absolute Gasteiger partial charge is 0.118 e. The summed E-state index contributed by atoms with van der Waals surface area (Å²) in [5.41, 5.74) is 2.92. The highest BCUT2D eigenvalue weighted by molar-refractivity contribution is 6.31. The summed E-state index contributed by atoms with van der Waals surface area (Å²) < 4.78 is 5.24. The van der Waals surface area contributed by atoms with Crippen molar-refractivity contribution in [2.75, 3.05) is 7.11 Å². The number of hydrogen-bond acceptors (Lipinski definition) is 2. The first-order chi connectivity index (χ1) is 11.3. The second-order valence-corrected chi connectivity index (χ2v) is 5.83. The van der Waals surface area contributed by atoms with E-state index < -0.39 is 0 Å². The zero-order chi connectivity index (χ0) is 15.8. The van der Waals surface area contributed by atoms with Crippen molar-refractivity contribution < 1.29 is 4.74 Å². The Bertz CT molecular complexity index is 1010. The van der Waals surface area contributed by atoms with Gasteiger partial charge in [-0.25, -0.2) is 4.98 Å². The third-order valence-corrected chi connectivity index (χ3v) is 4.26. The molecule has 0 atom stereocenters. The summed E-state index contributed by atoms with van der Waals surface area (Å²) in [6.45, 7) is 0. The average molecular weight is 320 g/mol. The molecule has 2 nitrogen and oxygen atoms in total. The molecule has 0 saturated carbocycles. The highest BCUT2D eigenvalue weighted by Gasteiger charge is 2.10. The Labute approximate surface area is 139 Å². The maximum atomic E-state index is 6.15. The molecular weight excluding hydrogens is 306 g/mol. The van der Waals surface area contributed by atoms with Crippen molar-refractivity contribution in [2.45, 2.75) is 0 Å². The Balaban J connectivity index is 2.06. The highest BCUT2D eigenvalue weighted by atomic mass is 35.5. The van der Waals surface area contributed by atoms with Gasteiger partial charge in [-0.15, -0.1) is 0 Å². The zero-order valence-corrected chi connectivity index (χ0v) is 13.3. The Kier molecular flexibility index (Phi) is 3.40. The molecule has 0 amide bonds. The van der Waals surface area contributed by atoms with Crippen LogP contribution in [0.15, 0.2) is 66.7 Å². The summed E-state index contributed by atoms with van der Waals surface area (Å²) >= 11 is 6.15. The fourth-order valence-electron chi connectivity index (χ4n) is 2.90. The van der Waals surface area contributed by atoms with E-state index in [4.69, 9.17) is 21.3 Å². The zero-order valence-electron chi connectivity index (χ0n) is 12.6. The van der Waals surface area contributed by atoms with E-state index in [1.807, 2.05) is 54.6 Å². The van der Waals surface area contributed by atoms with Gasteiger partial charge in [-0.2, -0.15) is 0 Å². The fourth-order valence-corrected chi connectivity index (χ4v) is 3.07. The molecule has 0 N–H and O–H groups in total. The van der Waals surface area contributed by atoms with Crippen molar-refractivity contribution in [1.82, 2.24) is 4.98 Å². The number of fused-ring (bicyclic) bond motifs is 3. The summed E-state index contributed by atoms with van der Waals surface area (Å²) in [5.74, 6) is 0.835. The van der Waals surface area contributed by atoms with Crippen LogP contribution in [0.3, 0.4) is 0 Å². The minimum absolute atomic E-state index is 0.695. The first-order valence-corrected chi connectivity index (χ1v) is 7.76. The Morgan fingerprint density at radius 2 is 1.57 bits per heavy atom. The molecule has 0 saturated heterocycles. The van der Waals surface area contributed by atoms with Crippen molar-refractivity contribution in [2.24, 2.45) is 0 Å². The van der Waals surface area contributed by atoms with Gasteiger partial charge in [0.25, 0.3) is 0 Å². The third kappa shape index (κ3) is 2.41. The van der Waals surface area contributed by atoms with Gasteiger partial charge >= 0.3 is 0 Å². The van der Waals surface area contributed by atoms with Gasteiger partial charge < -0.3 is 4.74 Å². The molecule has 1 heterocycles. The number of ether oxygens (including phenoxy) is 1. The molecule has 0 fully saturated rings. The van der Waals surface area contributed by atoms with Crippen molar-refractivity contribution in [3.63, 3.8) is 0 Å². The Morgan fingerprint density at radius 1 is 0.826 bits per heavy atom. The molecular formula is C20H14ClNO. The van der Waals surface area contributed by atoms with E-state index in [1.165, 1.54) is 5.39 Å². The molecule has 0 bridgehead atoms. The molecule has 1 aromatic heterocycles. The number of hydrogen-bond donors (Lipinski definition) is 0. The number of halogens is 1. The predicted molar refractivity (Wildman–Crippen MR) is 96.2 cm³/mol. The Morgan fingerprint density at radius 3 is 2.30 bits per heavy atom. The molecule has 0 aliphatic carbocycles. The van der Waals surface area contributed by atoms with Gasteiger partial charge in [-0.3, -0.25) is 0 Å². The lowest BCUT2D eigenvalue weighted by Crippen LogP contribution is -1.90. The van der Waals surface area contributed by atoms with Crippen molar-refractivity contribution in [3.05, 3.63) is 71.8 Å². The topological polar surface area (TPSA) is 22.1 Å². The van der Waals surface area contributed by atoms with Gasteiger partial charge in [-0.1, -0.05) is 41.9 Å². The van der Waals surface area contributed by atoms with Crippen LogP contribution in [-0.2, 0) is 0 Å².